The van der Waals surface area contributed by atoms with Crippen molar-refractivity contribution in [1.29, 1.82) is 0 Å². The minimum Gasteiger partial charge on any atom is -0.497 e. The van der Waals surface area contributed by atoms with Gasteiger partial charge < -0.3 is 29.2 Å². The highest BCUT2D eigenvalue weighted by Crippen LogP contribution is 2.25. The monoisotopic (exact) mass is 408 g/mol. The molecule has 0 unspecified atom stereocenters. The van der Waals surface area contributed by atoms with E-state index in [0.717, 1.165) is 0 Å². The molecule has 0 saturated carbocycles. The molecule has 1 aliphatic heterocycles. The fourth-order valence-corrected chi connectivity index (χ4v) is 3.04. The first-order chi connectivity index (χ1) is 14.0. The Balaban J connectivity index is 1.73. The molecule has 2 rings (SSSR count). The number of amides is 2. The lowest BCUT2D eigenvalue weighted by atomic mass is 10.1. The lowest BCUT2D eigenvalue weighted by Crippen LogP contribution is -2.47. The minimum absolute atomic E-state index is 0.0155. The molecule has 1 fully saturated rings. The first-order valence-corrected chi connectivity index (χ1v) is 9.54. The summed E-state index contributed by atoms with van der Waals surface area (Å²) in [6, 6.07) is 5.06. The average Bonchev–Trinajstić information content (AvgIpc) is 2.73. The number of likely N-dealkylation sites (tertiary alicyclic amines) is 1. The zero-order valence-electron chi connectivity index (χ0n) is 17.1. The maximum Gasteiger partial charge on any atom is 0.409 e. The third-order valence-electron chi connectivity index (χ3n) is 4.58. The SMILES string of the molecule is CCOC(=O)N1CCC(NC(=O)COC(=O)Cc2ccc(OC)cc2OC)CC1. The Hall–Kier alpha value is -2.97. The summed E-state index contributed by atoms with van der Waals surface area (Å²) in [6.45, 7) is 2.78. The van der Waals surface area contributed by atoms with Crippen LogP contribution in [0.2, 0.25) is 0 Å². The van der Waals surface area contributed by atoms with Crippen molar-refractivity contribution in [2.75, 3.05) is 40.5 Å². The molecule has 0 bridgehead atoms. The molecule has 9 nitrogen and oxygen atoms in total. The van der Waals surface area contributed by atoms with E-state index in [1.807, 2.05) is 0 Å². The topological polar surface area (TPSA) is 103 Å². The van der Waals surface area contributed by atoms with Gasteiger partial charge in [-0.05, 0) is 25.8 Å². The molecule has 1 saturated heterocycles. The molecule has 0 aromatic heterocycles. The van der Waals surface area contributed by atoms with Gasteiger partial charge in [-0.15, -0.1) is 0 Å². The van der Waals surface area contributed by atoms with Crippen molar-refractivity contribution in [1.82, 2.24) is 10.2 Å². The third-order valence-corrected chi connectivity index (χ3v) is 4.58. The molecule has 9 heteroatoms. The third kappa shape index (κ3) is 6.85. The van der Waals surface area contributed by atoms with Gasteiger partial charge in [0, 0.05) is 30.8 Å². The van der Waals surface area contributed by atoms with Crippen LogP contribution < -0.4 is 14.8 Å². The zero-order valence-corrected chi connectivity index (χ0v) is 17.1. The van der Waals surface area contributed by atoms with Gasteiger partial charge in [-0.25, -0.2) is 4.79 Å². The van der Waals surface area contributed by atoms with Gasteiger partial charge in [0.1, 0.15) is 11.5 Å². The normalized spacial score (nSPS) is 14.1. The standard InChI is InChI=1S/C20H28N2O7/c1-4-28-20(25)22-9-7-15(8-10-22)21-18(23)13-29-19(24)11-14-5-6-16(26-2)12-17(14)27-3/h5-6,12,15H,4,7-11,13H2,1-3H3,(H,21,23). The average molecular weight is 408 g/mol. The van der Waals surface area contributed by atoms with E-state index in [2.05, 4.69) is 5.32 Å². The van der Waals surface area contributed by atoms with E-state index >= 15 is 0 Å². The lowest BCUT2D eigenvalue weighted by Gasteiger charge is -2.31. The second-order valence-corrected chi connectivity index (χ2v) is 6.54. The number of ether oxygens (including phenoxy) is 4. The Kier molecular flexibility index (Phi) is 8.57. The van der Waals surface area contributed by atoms with E-state index in [0.29, 0.717) is 49.6 Å². The van der Waals surface area contributed by atoms with E-state index < -0.39 is 5.97 Å². The molecule has 160 valence electrons. The fraction of sp³-hybridized carbons (Fsp3) is 0.550. The Morgan fingerprint density at radius 3 is 2.45 bits per heavy atom. The van der Waals surface area contributed by atoms with E-state index in [1.54, 1.807) is 37.1 Å². The quantitative estimate of drug-likeness (QED) is 0.651. The van der Waals surface area contributed by atoms with Gasteiger partial charge in [-0.2, -0.15) is 0 Å². The largest absolute Gasteiger partial charge is 0.497 e. The fourth-order valence-electron chi connectivity index (χ4n) is 3.04. The number of nitrogens with zero attached hydrogens (tertiary/aromatic N) is 1. The van der Waals surface area contributed by atoms with Crippen molar-refractivity contribution in [3.63, 3.8) is 0 Å². The highest BCUT2D eigenvalue weighted by molar-refractivity contribution is 5.81. The Morgan fingerprint density at radius 2 is 1.83 bits per heavy atom. The van der Waals surface area contributed by atoms with E-state index in [4.69, 9.17) is 18.9 Å². The van der Waals surface area contributed by atoms with Crippen LogP contribution in [0.5, 0.6) is 11.5 Å². The summed E-state index contributed by atoms with van der Waals surface area (Å²) < 4.78 is 20.4. The van der Waals surface area contributed by atoms with Gasteiger partial charge in [0.2, 0.25) is 0 Å². The van der Waals surface area contributed by atoms with Crippen molar-refractivity contribution in [2.45, 2.75) is 32.2 Å². The number of carbonyl (C=O) groups is 3. The maximum absolute atomic E-state index is 12.1. The van der Waals surface area contributed by atoms with Crippen molar-refractivity contribution in [2.24, 2.45) is 0 Å². The number of hydrogen-bond donors (Lipinski definition) is 1. The van der Waals surface area contributed by atoms with Crippen LogP contribution in [0.15, 0.2) is 18.2 Å². The highest BCUT2D eigenvalue weighted by atomic mass is 16.6. The van der Waals surface area contributed by atoms with E-state index in [9.17, 15) is 14.4 Å². The van der Waals surface area contributed by atoms with Gasteiger partial charge in [0.25, 0.3) is 5.91 Å². The molecule has 1 aromatic carbocycles. The number of methoxy groups -OCH3 is 2. The van der Waals surface area contributed by atoms with Gasteiger partial charge in [0.15, 0.2) is 6.61 Å². The molecule has 0 spiro atoms. The van der Waals surface area contributed by atoms with Gasteiger partial charge >= 0.3 is 12.1 Å². The molecule has 2 amide bonds. The van der Waals surface area contributed by atoms with Crippen LogP contribution >= 0.6 is 0 Å². The van der Waals surface area contributed by atoms with Crippen LogP contribution in [-0.2, 0) is 25.5 Å². The second kappa shape index (κ2) is 11.1. The first-order valence-electron chi connectivity index (χ1n) is 9.54. The number of benzene rings is 1. The molecular weight excluding hydrogens is 380 g/mol. The molecule has 1 N–H and O–H groups in total. The Bertz CT molecular complexity index is 715. The van der Waals surface area contributed by atoms with Gasteiger partial charge in [-0.3, -0.25) is 9.59 Å². The summed E-state index contributed by atoms with van der Waals surface area (Å²) in [6.07, 6.45) is 0.904. The molecule has 1 aromatic rings. The van der Waals surface area contributed by atoms with Crippen molar-refractivity contribution < 1.29 is 33.3 Å². The van der Waals surface area contributed by atoms with Gasteiger partial charge in [0.05, 0.1) is 27.2 Å². The summed E-state index contributed by atoms with van der Waals surface area (Å²) >= 11 is 0. The summed E-state index contributed by atoms with van der Waals surface area (Å²) in [4.78, 5) is 37.4. The van der Waals surface area contributed by atoms with Crippen molar-refractivity contribution in [3.8, 4) is 11.5 Å². The lowest BCUT2D eigenvalue weighted by molar-refractivity contribution is -0.148. The molecule has 0 atom stereocenters. The van der Waals surface area contributed by atoms with Gasteiger partial charge in [-0.1, -0.05) is 6.07 Å². The van der Waals surface area contributed by atoms with E-state index in [1.165, 1.54) is 7.11 Å². The van der Waals surface area contributed by atoms with Crippen LogP contribution in [0.1, 0.15) is 25.3 Å². The maximum atomic E-state index is 12.1. The predicted octanol–water partition coefficient (Wildman–Crippen LogP) is 1.53. The van der Waals surface area contributed by atoms with Crippen LogP contribution in [0.3, 0.4) is 0 Å². The molecule has 1 aliphatic rings. The van der Waals surface area contributed by atoms with Crippen LogP contribution in [0.4, 0.5) is 4.79 Å². The number of nitrogens with one attached hydrogen (secondary N) is 1. The molecule has 0 radical (unpaired) electrons. The Labute approximate surface area is 170 Å². The number of esters is 1. The van der Waals surface area contributed by atoms with Crippen LogP contribution in [0, 0.1) is 0 Å². The predicted molar refractivity (Wildman–Crippen MR) is 104 cm³/mol. The number of carbonyl (C=O) groups excluding carboxylic acids is 3. The number of rotatable bonds is 8. The zero-order chi connectivity index (χ0) is 21.2. The first kappa shape index (κ1) is 22.3. The summed E-state index contributed by atoms with van der Waals surface area (Å²) in [7, 11) is 3.05. The molecule has 1 heterocycles. The highest BCUT2D eigenvalue weighted by Gasteiger charge is 2.24. The van der Waals surface area contributed by atoms with E-state index in [-0.39, 0.29) is 31.1 Å². The minimum atomic E-state index is -0.527. The summed E-state index contributed by atoms with van der Waals surface area (Å²) in [5, 5.41) is 2.83. The van der Waals surface area contributed by atoms with Crippen LogP contribution in [-0.4, -0.2) is 69.4 Å². The second-order valence-electron chi connectivity index (χ2n) is 6.54. The Morgan fingerprint density at radius 1 is 1.10 bits per heavy atom. The van der Waals surface area contributed by atoms with Crippen molar-refractivity contribution in [3.05, 3.63) is 23.8 Å². The molecule has 29 heavy (non-hydrogen) atoms. The number of piperidine rings is 1. The molecule has 0 aliphatic carbocycles. The summed E-state index contributed by atoms with van der Waals surface area (Å²) in [5.41, 5.74) is 0.644. The molecular formula is C20H28N2O7. The summed E-state index contributed by atoms with van der Waals surface area (Å²) in [5.74, 6) is 0.238. The van der Waals surface area contributed by atoms with Crippen molar-refractivity contribution >= 4 is 18.0 Å². The van der Waals surface area contributed by atoms with Crippen LogP contribution in [0.25, 0.3) is 0 Å². The number of hydrogen-bond acceptors (Lipinski definition) is 7. The smallest absolute Gasteiger partial charge is 0.409 e.